The normalized spacial score (nSPS) is 17.8. The number of fused-ring (bicyclic) bond motifs is 1. The average molecular weight is 491 g/mol. The summed E-state index contributed by atoms with van der Waals surface area (Å²) in [4.78, 5) is 20.8. The van der Waals surface area contributed by atoms with Crippen LogP contribution in [0.5, 0.6) is 0 Å². The van der Waals surface area contributed by atoms with Crippen molar-refractivity contribution in [1.29, 1.82) is 0 Å². The smallest absolute Gasteiger partial charge is 0.318 e. The second-order valence-electron chi connectivity index (χ2n) is 10.1. The van der Waals surface area contributed by atoms with Crippen LogP contribution in [0.4, 0.5) is 10.5 Å². The van der Waals surface area contributed by atoms with Crippen molar-refractivity contribution in [3.63, 3.8) is 0 Å². The van der Waals surface area contributed by atoms with Crippen molar-refractivity contribution < 1.29 is 4.79 Å². The van der Waals surface area contributed by atoms with Crippen LogP contribution in [0.2, 0.25) is 5.02 Å². The number of carbonyl (C=O) groups excluding carboxylic acids is 1. The van der Waals surface area contributed by atoms with Crippen LogP contribution in [0.15, 0.2) is 54.7 Å². The van der Waals surface area contributed by atoms with Crippen molar-refractivity contribution in [1.82, 2.24) is 15.2 Å². The number of benzene rings is 2. The van der Waals surface area contributed by atoms with Gasteiger partial charge in [-0.3, -0.25) is 0 Å². The minimum atomic E-state index is 0.0366. The molecular weight excluding hydrogens is 456 g/mol. The molecular formula is C29H35ClN4O. The molecule has 1 unspecified atom stereocenters. The van der Waals surface area contributed by atoms with E-state index in [1.54, 1.807) is 0 Å². The predicted octanol–water partition coefficient (Wildman–Crippen LogP) is 7.01. The largest absolute Gasteiger partial charge is 0.378 e. The predicted molar refractivity (Wildman–Crippen MR) is 146 cm³/mol. The third-order valence-electron chi connectivity index (χ3n) is 7.65. The van der Waals surface area contributed by atoms with E-state index in [0.29, 0.717) is 19.0 Å². The highest BCUT2D eigenvalue weighted by Crippen LogP contribution is 2.36. The molecule has 0 spiro atoms. The standard InChI is InChI=1S/C29H35ClN4O/c1-33(2)24-11-8-22(9-12-24)28(21-6-4-3-5-7-21)32-29(35)34-16-14-20(15-17-34)26-19-31-27-13-10-23(30)18-25(26)27/h8-14,18-19,21,28,31H,3-7,15-17H2,1-2H3,(H,32,35). The number of hydrogen-bond donors (Lipinski definition) is 2. The molecule has 184 valence electrons. The van der Waals surface area contributed by atoms with Crippen LogP contribution in [0, 0.1) is 5.92 Å². The van der Waals surface area contributed by atoms with Crippen LogP contribution in [0.25, 0.3) is 16.5 Å². The number of amides is 2. The third kappa shape index (κ3) is 5.20. The monoisotopic (exact) mass is 490 g/mol. The fourth-order valence-corrected chi connectivity index (χ4v) is 5.77. The van der Waals surface area contributed by atoms with E-state index in [4.69, 9.17) is 11.6 Å². The topological polar surface area (TPSA) is 51.4 Å². The number of nitrogens with zero attached hydrogens (tertiary/aromatic N) is 2. The maximum absolute atomic E-state index is 13.4. The lowest BCUT2D eigenvalue weighted by molar-refractivity contribution is 0.187. The van der Waals surface area contributed by atoms with E-state index in [-0.39, 0.29) is 12.1 Å². The number of anilines is 1. The van der Waals surface area contributed by atoms with Crippen molar-refractivity contribution in [2.45, 2.75) is 44.6 Å². The Labute approximate surface area is 213 Å². The van der Waals surface area contributed by atoms with Crippen molar-refractivity contribution in [2.75, 3.05) is 32.1 Å². The summed E-state index contributed by atoms with van der Waals surface area (Å²) < 4.78 is 0. The van der Waals surface area contributed by atoms with Crippen LogP contribution >= 0.6 is 11.6 Å². The molecule has 0 radical (unpaired) electrons. The average Bonchev–Trinajstić information content (AvgIpc) is 3.31. The van der Waals surface area contributed by atoms with Crippen LogP contribution < -0.4 is 10.2 Å². The first-order chi connectivity index (χ1) is 17.0. The molecule has 5 nitrogen and oxygen atoms in total. The molecule has 1 fully saturated rings. The quantitative estimate of drug-likeness (QED) is 0.404. The van der Waals surface area contributed by atoms with E-state index in [2.05, 4.69) is 65.8 Å². The summed E-state index contributed by atoms with van der Waals surface area (Å²) in [5.74, 6) is 0.491. The Morgan fingerprint density at radius 2 is 1.89 bits per heavy atom. The van der Waals surface area contributed by atoms with Crippen LogP contribution in [0.3, 0.4) is 0 Å². The number of nitrogens with one attached hydrogen (secondary N) is 2. The van der Waals surface area contributed by atoms with Crippen LogP contribution in [-0.2, 0) is 0 Å². The molecule has 2 amide bonds. The van der Waals surface area contributed by atoms with E-state index in [0.717, 1.165) is 22.3 Å². The van der Waals surface area contributed by atoms with Gasteiger partial charge in [0, 0.05) is 60.6 Å². The maximum Gasteiger partial charge on any atom is 0.318 e. The lowest BCUT2D eigenvalue weighted by Crippen LogP contribution is -2.45. The minimum absolute atomic E-state index is 0.0366. The molecule has 5 rings (SSSR count). The maximum atomic E-state index is 13.4. The Bertz CT molecular complexity index is 1210. The van der Waals surface area contributed by atoms with Crippen LogP contribution in [0.1, 0.15) is 55.7 Å². The number of H-pyrrole nitrogens is 1. The zero-order valence-corrected chi connectivity index (χ0v) is 21.4. The molecule has 1 atom stereocenters. The zero-order chi connectivity index (χ0) is 24.4. The highest BCUT2D eigenvalue weighted by Gasteiger charge is 2.29. The molecule has 35 heavy (non-hydrogen) atoms. The summed E-state index contributed by atoms with van der Waals surface area (Å²) in [6.07, 6.45) is 11.2. The molecule has 2 heterocycles. The van der Waals surface area contributed by atoms with Gasteiger partial charge in [-0.2, -0.15) is 0 Å². The Morgan fingerprint density at radius 3 is 2.57 bits per heavy atom. The van der Waals surface area contributed by atoms with Crippen molar-refractivity contribution in [2.24, 2.45) is 5.92 Å². The molecule has 0 saturated heterocycles. The Kier molecular flexibility index (Phi) is 7.05. The molecule has 2 aromatic carbocycles. The molecule has 1 aliphatic heterocycles. The molecule has 1 aromatic heterocycles. The molecule has 1 aliphatic carbocycles. The van der Waals surface area contributed by atoms with Gasteiger partial charge in [-0.25, -0.2) is 4.79 Å². The molecule has 6 heteroatoms. The minimum Gasteiger partial charge on any atom is -0.378 e. The third-order valence-corrected chi connectivity index (χ3v) is 7.89. The van der Waals surface area contributed by atoms with Gasteiger partial charge in [0.15, 0.2) is 0 Å². The van der Waals surface area contributed by atoms with Gasteiger partial charge >= 0.3 is 6.03 Å². The van der Waals surface area contributed by atoms with Gasteiger partial charge < -0.3 is 20.1 Å². The molecule has 3 aromatic rings. The second kappa shape index (κ2) is 10.4. The molecule has 0 bridgehead atoms. The number of aromatic amines is 1. The number of halogens is 1. The van der Waals surface area contributed by atoms with Gasteiger partial charge in [0.1, 0.15) is 0 Å². The van der Waals surface area contributed by atoms with Crippen molar-refractivity contribution in [3.05, 3.63) is 70.9 Å². The Morgan fingerprint density at radius 1 is 1.11 bits per heavy atom. The van der Waals surface area contributed by atoms with Crippen molar-refractivity contribution in [3.8, 4) is 0 Å². The zero-order valence-electron chi connectivity index (χ0n) is 20.7. The van der Waals surface area contributed by atoms with Gasteiger partial charge in [0.25, 0.3) is 0 Å². The summed E-state index contributed by atoms with van der Waals surface area (Å²) in [6, 6.07) is 14.7. The van der Waals surface area contributed by atoms with Gasteiger partial charge in [-0.15, -0.1) is 0 Å². The first-order valence-corrected chi connectivity index (χ1v) is 13.2. The summed E-state index contributed by atoms with van der Waals surface area (Å²) in [7, 11) is 4.11. The van der Waals surface area contributed by atoms with E-state index >= 15 is 0 Å². The number of rotatable bonds is 5. The van der Waals surface area contributed by atoms with E-state index in [1.165, 1.54) is 54.5 Å². The molecule has 1 saturated carbocycles. The highest BCUT2D eigenvalue weighted by atomic mass is 35.5. The van der Waals surface area contributed by atoms with Gasteiger partial charge in [-0.05, 0) is 66.6 Å². The SMILES string of the molecule is CN(C)c1ccc(C(NC(=O)N2CC=C(c3c[nH]c4ccc(Cl)cc34)CC2)C2CCCCC2)cc1. The lowest BCUT2D eigenvalue weighted by Gasteiger charge is -2.34. The molecule has 2 aliphatic rings. The number of hydrogen-bond acceptors (Lipinski definition) is 2. The Hall–Kier alpha value is -2.92. The fraction of sp³-hybridized carbons (Fsp3) is 0.414. The van der Waals surface area contributed by atoms with E-state index < -0.39 is 0 Å². The summed E-state index contributed by atoms with van der Waals surface area (Å²) in [5, 5.41) is 5.31. The summed E-state index contributed by atoms with van der Waals surface area (Å²) >= 11 is 6.24. The second-order valence-corrected chi connectivity index (χ2v) is 10.6. The van der Waals surface area contributed by atoms with E-state index in [1.807, 2.05) is 23.1 Å². The molecule has 2 N–H and O–H groups in total. The summed E-state index contributed by atoms with van der Waals surface area (Å²) in [5.41, 5.74) is 5.92. The lowest BCUT2D eigenvalue weighted by atomic mass is 9.81. The van der Waals surface area contributed by atoms with Gasteiger partial charge in [-0.1, -0.05) is 49.1 Å². The first-order valence-electron chi connectivity index (χ1n) is 12.8. The van der Waals surface area contributed by atoms with Gasteiger partial charge in [0.05, 0.1) is 6.04 Å². The first kappa shape index (κ1) is 23.8. The number of urea groups is 1. The highest BCUT2D eigenvalue weighted by molar-refractivity contribution is 6.31. The Balaban J connectivity index is 1.31. The van der Waals surface area contributed by atoms with Crippen LogP contribution in [-0.4, -0.2) is 43.1 Å². The fourth-order valence-electron chi connectivity index (χ4n) is 5.60. The number of carbonyl (C=O) groups is 1. The summed E-state index contributed by atoms with van der Waals surface area (Å²) in [6.45, 7) is 1.33. The number of aromatic nitrogens is 1. The van der Waals surface area contributed by atoms with E-state index in [9.17, 15) is 4.79 Å². The van der Waals surface area contributed by atoms with Gasteiger partial charge in [0.2, 0.25) is 0 Å². The van der Waals surface area contributed by atoms with Crippen molar-refractivity contribution >= 4 is 39.8 Å².